The quantitative estimate of drug-likeness (QED) is 0.801. The molecule has 2 atom stereocenters. The van der Waals surface area contributed by atoms with E-state index in [1.165, 1.54) is 24.1 Å². The summed E-state index contributed by atoms with van der Waals surface area (Å²) in [6.07, 6.45) is 4.31. The Morgan fingerprint density at radius 2 is 2.00 bits per heavy atom. The first kappa shape index (κ1) is 13.8. The van der Waals surface area contributed by atoms with Crippen molar-refractivity contribution in [1.82, 2.24) is 9.97 Å². The number of aliphatic hydroxyl groups excluding tert-OH is 1. The molecule has 0 spiro atoms. The van der Waals surface area contributed by atoms with Gasteiger partial charge in [0.25, 0.3) is 0 Å². The van der Waals surface area contributed by atoms with E-state index < -0.39 is 11.7 Å². The van der Waals surface area contributed by atoms with Crippen LogP contribution in [0.2, 0.25) is 0 Å². The predicted molar refractivity (Wildman–Crippen MR) is 76.9 cm³/mol. The first-order valence-corrected chi connectivity index (χ1v) is 7.49. The van der Waals surface area contributed by atoms with Crippen LogP contribution < -0.4 is 4.90 Å². The van der Waals surface area contributed by atoms with Crippen LogP contribution in [-0.4, -0.2) is 45.0 Å². The minimum absolute atomic E-state index is 0.394. The van der Waals surface area contributed by atoms with E-state index in [0.29, 0.717) is 25.5 Å². The molecule has 0 bridgehead atoms. The highest BCUT2D eigenvalue weighted by Gasteiger charge is 2.37. The average Bonchev–Trinajstić information content (AvgIpc) is 2.42. The number of nitrogens with zero attached hydrogens (tertiary/aromatic N) is 3. The molecule has 3 rings (SSSR count). The topological polar surface area (TPSA) is 69.5 Å². The standard InChI is InChI=1S/C15H23N3O2/c1-10-11-5-3-4-6-12(11)17-14(16-10)18-8-7-15(2,20)13(19)9-18/h13,19-20H,3-9H2,1-2H3. The van der Waals surface area contributed by atoms with E-state index in [1.807, 2.05) is 11.8 Å². The lowest BCUT2D eigenvalue weighted by atomic mass is 9.91. The van der Waals surface area contributed by atoms with Crippen molar-refractivity contribution in [2.75, 3.05) is 18.0 Å². The van der Waals surface area contributed by atoms with Crippen LogP contribution in [0.3, 0.4) is 0 Å². The Morgan fingerprint density at radius 1 is 1.25 bits per heavy atom. The molecule has 2 unspecified atom stereocenters. The molecule has 110 valence electrons. The summed E-state index contributed by atoms with van der Waals surface area (Å²) in [5, 5.41) is 20.1. The highest BCUT2D eigenvalue weighted by Crippen LogP contribution is 2.27. The number of aromatic nitrogens is 2. The smallest absolute Gasteiger partial charge is 0.225 e. The Morgan fingerprint density at radius 3 is 2.75 bits per heavy atom. The Balaban J connectivity index is 1.86. The van der Waals surface area contributed by atoms with Crippen LogP contribution in [-0.2, 0) is 12.8 Å². The van der Waals surface area contributed by atoms with Gasteiger partial charge in [-0.2, -0.15) is 0 Å². The Bertz CT molecular complexity index is 516. The molecule has 0 amide bonds. The molecule has 1 saturated heterocycles. The summed E-state index contributed by atoms with van der Waals surface area (Å²) >= 11 is 0. The number of piperidine rings is 1. The molecular weight excluding hydrogens is 254 g/mol. The summed E-state index contributed by atoms with van der Waals surface area (Å²) in [4.78, 5) is 11.3. The maximum atomic E-state index is 10.0. The van der Waals surface area contributed by atoms with Gasteiger partial charge >= 0.3 is 0 Å². The largest absolute Gasteiger partial charge is 0.388 e. The summed E-state index contributed by atoms with van der Waals surface area (Å²) in [6, 6.07) is 0. The molecule has 1 fully saturated rings. The van der Waals surface area contributed by atoms with Crippen LogP contribution in [0.5, 0.6) is 0 Å². The lowest BCUT2D eigenvalue weighted by Gasteiger charge is -2.40. The van der Waals surface area contributed by atoms with Crippen LogP contribution in [0.4, 0.5) is 5.95 Å². The van der Waals surface area contributed by atoms with Crippen molar-refractivity contribution in [3.63, 3.8) is 0 Å². The molecule has 1 aliphatic heterocycles. The van der Waals surface area contributed by atoms with E-state index in [2.05, 4.69) is 4.98 Å². The Labute approximate surface area is 119 Å². The molecule has 2 N–H and O–H groups in total. The fraction of sp³-hybridized carbons (Fsp3) is 0.733. The minimum atomic E-state index is -1.00. The molecule has 5 nitrogen and oxygen atoms in total. The molecule has 0 radical (unpaired) electrons. The van der Waals surface area contributed by atoms with Gasteiger partial charge in [0, 0.05) is 24.5 Å². The van der Waals surface area contributed by atoms with E-state index >= 15 is 0 Å². The second-order valence-corrected chi connectivity index (χ2v) is 6.31. The summed E-state index contributed by atoms with van der Waals surface area (Å²) in [5.41, 5.74) is 2.55. The summed E-state index contributed by atoms with van der Waals surface area (Å²) in [7, 11) is 0. The predicted octanol–water partition coefficient (Wildman–Crippen LogP) is 0.986. The third kappa shape index (κ3) is 2.40. The van der Waals surface area contributed by atoms with E-state index in [4.69, 9.17) is 4.98 Å². The van der Waals surface area contributed by atoms with Crippen molar-refractivity contribution in [1.29, 1.82) is 0 Å². The molecule has 1 aliphatic carbocycles. The van der Waals surface area contributed by atoms with Crippen LogP contribution >= 0.6 is 0 Å². The minimum Gasteiger partial charge on any atom is -0.388 e. The van der Waals surface area contributed by atoms with E-state index in [-0.39, 0.29) is 0 Å². The van der Waals surface area contributed by atoms with Crippen molar-refractivity contribution in [3.8, 4) is 0 Å². The molecular formula is C15H23N3O2. The van der Waals surface area contributed by atoms with Crippen LogP contribution in [0.15, 0.2) is 0 Å². The lowest BCUT2D eigenvalue weighted by Crippen LogP contribution is -2.54. The number of β-amino-alcohol motifs (C(OH)–C–C–N with tert-alkyl or cyclic N) is 1. The van der Waals surface area contributed by atoms with Gasteiger partial charge in [-0.1, -0.05) is 0 Å². The molecule has 0 saturated carbocycles. The molecule has 1 aromatic rings. The summed E-state index contributed by atoms with van der Waals surface area (Å²) < 4.78 is 0. The number of aryl methyl sites for hydroxylation is 2. The number of anilines is 1. The normalized spacial score (nSPS) is 30.2. The maximum Gasteiger partial charge on any atom is 0.225 e. The molecule has 5 heteroatoms. The molecule has 1 aromatic heterocycles. The third-order valence-corrected chi connectivity index (χ3v) is 4.66. The number of aliphatic hydroxyl groups is 2. The van der Waals surface area contributed by atoms with Crippen molar-refractivity contribution in [2.24, 2.45) is 0 Å². The summed E-state index contributed by atoms with van der Waals surface area (Å²) in [5.74, 6) is 0.706. The van der Waals surface area contributed by atoms with E-state index in [9.17, 15) is 10.2 Å². The average molecular weight is 277 g/mol. The highest BCUT2D eigenvalue weighted by atomic mass is 16.3. The van der Waals surface area contributed by atoms with Crippen molar-refractivity contribution < 1.29 is 10.2 Å². The van der Waals surface area contributed by atoms with Gasteiger partial charge in [0.1, 0.15) is 0 Å². The number of rotatable bonds is 1. The molecule has 2 heterocycles. The first-order valence-electron chi connectivity index (χ1n) is 7.49. The van der Waals surface area contributed by atoms with Crippen molar-refractivity contribution in [3.05, 3.63) is 17.0 Å². The van der Waals surface area contributed by atoms with Crippen molar-refractivity contribution in [2.45, 2.75) is 57.7 Å². The van der Waals surface area contributed by atoms with Crippen LogP contribution in [0.25, 0.3) is 0 Å². The van der Waals surface area contributed by atoms with E-state index in [0.717, 1.165) is 18.5 Å². The van der Waals surface area contributed by atoms with Gasteiger partial charge in [-0.3, -0.25) is 0 Å². The number of hydrogen-bond acceptors (Lipinski definition) is 5. The Kier molecular flexibility index (Phi) is 3.42. The van der Waals surface area contributed by atoms with Crippen LogP contribution in [0.1, 0.15) is 43.1 Å². The number of hydrogen-bond donors (Lipinski definition) is 2. The van der Waals surface area contributed by atoms with E-state index in [1.54, 1.807) is 6.92 Å². The highest BCUT2D eigenvalue weighted by molar-refractivity contribution is 5.39. The van der Waals surface area contributed by atoms with Crippen LogP contribution in [0, 0.1) is 6.92 Å². The second kappa shape index (κ2) is 4.97. The van der Waals surface area contributed by atoms with Gasteiger partial charge in [0.2, 0.25) is 5.95 Å². The van der Waals surface area contributed by atoms with Gasteiger partial charge in [-0.15, -0.1) is 0 Å². The third-order valence-electron chi connectivity index (χ3n) is 4.66. The fourth-order valence-electron chi connectivity index (χ4n) is 3.11. The first-order chi connectivity index (χ1) is 9.47. The zero-order valence-corrected chi connectivity index (χ0v) is 12.3. The Hall–Kier alpha value is -1.20. The van der Waals surface area contributed by atoms with Gasteiger partial charge in [0.15, 0.2) is 0 Å². The SMILES string of the molecule is Cc1nc(N2CCC(C)(O)C(O)C2)nc2c1CCCC2. The van der Waals surface area contributed by atoms with Crippen molar-refractivity contribution >= 4 is 5.95 Å². The monoisotopic (exact) mass is 277 g/mol. The zero-order valence-electron chi connectivity index (χ0n) is 12.3. The second-order valence-electron chi connectivity index (χ2n) is 6.31. The van der Waals surface area contributed by atoms with Gasteiger partial charge in [0.05, 0.1) is 11.7 Å². The zero-order chi connectivity index (χ0) is 14.3. The summed E-state index contributed by atoms with van der Waals surface area (Å²) in [6.45, 7) is 4.81. The number of fused-ring (bicyclic) bond motifs is 1. The molecule has 20 heavy (non-hydrogen) atoms. The van der Waals surface area contributed by atoms with Gasteiger partial charge in [-0.25, -0.2) is 9.97 Å². The van der Waals surface area contributed by atoms with Gasteiger partial charge < -0.3 is 15.1 Å². The lowest BCUT2D eigenvalue weighted by molar-refractivity contribution is -0.0724. The fourth-order valence-corrected chi connectivity index (χ4v) is 3.11. The molecule has 0 aromatic carbocycles. The maximum absolute atomic E-state index is 10.0. The van der Waals surface area contributed by atoms with Gasteiger partial charge in [-0.05, 0) is 51.5 Å². The molecule has 2 aliphatic rings.